The van der Waals surface area contributed by atoms with Crippen LogP contribution in [0.25, 0.3) is 10.2 Å². The van der Waals surface area contributed by atoms with E-state index in [9.17, 15) is 4.79 Å². The van der Waals surface area contributed by atoms with Gasteiger partial charge in [0.05, 0.1) is 31.0 Å². The van der Waals surface area contributed by atoms with Crippen LogP contribution in [0.2, 0.25) is 5.02 Å². The number of halogens is 1. The molecule has 30 heavy (non-hydrogen) atoms. The molecule has 3 aromatic rings. The number of anilines is 1. The van der Waals surface area contributed by atoms with Crippen molar-refractivity contribution in [3.8, 4) is 5.75 Å². The number of ether oxygens (including phenoxy) is 2. The summed E-state index contributed by atoms with van der Waals surface area (Å²) in [6.45, 7) is 0.580. The molecule has 1 aromatic carbocycles. The van der Waals surface area contributed by atoms with Gasteiger partial charge >= 0.3 is 5.97 Å². The third-order valence-electron chi connectivity index (χ3n) is 5.32. The number of aromatic nitrogens is 2. The largest absolute Gasteiger partial charge is 0.495 e. The number of carbonyl (C=O) groups excluding carboxylic acids is 1. The van der Waals surface area contributed by atoms with Crippen molar-refractivity contribution in [2.45, 2.75) is 45.1 Å². The van der Waals surface area contributed by atoms with E-state index in [1.807, 2.05) is 18.2 Å². The molecule has 0 unspecified atom stereocenters. The van der Waals surface area contributed by atoms with E-state index < -0.39 is 0 Å². The van der Waals surface area contributed by atoms with E-state index in [0.717, 1.165) is 34.4 Å². The van der Waals surface area contributed by atoms with Gasteiger partial charge in [0, 0.05) is 17.8 Å². The number of esters is 1. The van der Waals surface area contributed by atoms with Crippen molar-refractivity contribution in [1.82, 2.24) is 9.97 Å². The lowest BCUT2D eigenvalue weighted by Gasteiger charge is -2.14. The zero-order chi connectivity index (χ0) is 21.1. The molecule has 4 rings (SSSR count). The van der Waals surface area contributed by atoms with Gasteiger partial charge < -0.3 is 14.8 Å². The molecule has 1 N–H and O–H groups in total. The lowest BCUT2D eigenvalue weighted by molar-refractivity contribution is -0.140. The van der Waals surface area contributed by atoms with Crippen LogP contribution in [0.5, 0.6) is 5.75 Å². The van der Waals surface area contributed by atoms with E-state index in [4.69, 9.17) is 31.0 Å². The number of thiophene rings is 1. The number of aryl methyl sites for hydroxylation is 3. The molecule has 1 aliphatic carbocycles. The van der Waals surface area contributed by atoms with Gasteiger partial charge in [-0.2, -0.15) is 0 Å². The Morgan fingerprint density at radius 2 is 2.07 bits per heavy atom. The Morgan fingerprint density at radius 1 is 1.23 bits per heavy atom. The summed E-state index contributed by atoms with van der Waals surface area (Å²) < 4.78 is 10.00. The highest BCUT2D eigenvalue weighted by Crippen LogP contribution is 2.39. The van der Waals surface area contributed by atoms with Gasteiger partial charge in [-0.15, -0.1) is 11.3 Å². The molecule has 0 saturated carbocycles. The van der Waals surface area contributed by atoms with Crippen molar-refractivity contribution < 1.29 is 14.3 Å². The van der Waals surface area contributed by atoms with Gasteiger partial charge in [0.25, 0.3) is 0 Å². The van der Waals surface area contributed by atoms with Gasteiger partial charge in [0.2, 0.25) is 0 Å². The molecule has 0 amide bonds. The summed E-state index contributed by atoms with van der Waals surface area (Å²) in [5.74, 6) is 1.88. The zero-order valence-corrected chi connectivity index (χ0v) is 18.7. The number of fused-ring (bicyclic) bond motifs is 3. The van der Waals surface area contributed by atoms with Crippen molar-refractivity contribution in [3.63, 3.8) is 0 Å². The quantitative estimate of drug-likeness (QED) is 0.519. The average Bonchev–Trinajstić information content (AvgIpc) is 3.14. The van der Waals surface area contributed by atoms with Gasteiger partial charge in [0.1, 0.15) is 22.2 Å². The smallest absolute Gasteiger partial charge is 0.305 e. The normalized spacial score (nSPS) is 13.2. The third kappa shape index (κ3) is 4.37. The number of benzene rings is 1. The zero-order valence-electron chi connectivity index (χ0n) is 17.1. The number of hydrogen-bond donors (Lipinski definition) is 1. The summed E-state index contributed by atoms with van der Waals surface area (Å²) in [5.41, 5.74) is 2.41. The number of nitrogens with zero attached hydrogens (tertiary/aromatic N) is 2. The van der Waals surface area contributed by atoms with Gasteiger partial charge in [-0.05, 0) is 48.9 Å². The first-order valence-corrected chi connectivity index (χ1v) is 11.2. The van der Waals surface area contributed by atoms with Gasteiger partial charge in [-0.1, -0.05) is 17.7 Å². The van der Waals surface area contributed by atoms with E-state index >= 15 is 0 Å². The monoisotopic (exact) mass is 445 g/mol. The van der Waals surface area contributed by atoms with Crippen LogP contribution in [-0.4, -0.2) is 30.2 Å². The highest BCUT2D eigenvalue weighted by atomic mass is 35.5. The minimum atomic E-state index is -0.258. The van der Waals surface area contributed by atoms with Crippen LogP contribution >= 0.6 is 22.9 Å². The molecule has 0 radical (unpaired) electrons. The SMILES string of the molecule is COC(=O)CCc1nc(NCc2ccc(OC)c(Cl)c2)c2c3c(sc2n1)CCCC3. The molecule has 0 bridgehead atoms. The van der Waals surface area contributed by atoms with Crippen LogP contribution in [0.3, 0.4) is 0 Å². The number of rotatable bonds is 7. The van der Waals surface area contributed by atoms with Gasteiger partial charge in [0.15, 0.2) is 0 Å². The second-order valence-corrected chi connectivity index (χ2v) is 8.77. The highest BCUT2D eigenvalue weighted by Gasteiger charge is 2.21. The molecular formula is C22H24ClN3O3S. The maximum atomic E-state index is 11.6. The molecule has 158 valence electrons. The fourth-order valence-electron chi connectivity index (χ4n) is 3.76. The maximum absolute atomic E-state index is 11.6. The molecule has 0 saturated heterocycles. The number of methoxy groups -OCH3 is 2. The van der Waals surface area contributed by atoms with E-state index in [0.29, 0.717) is 29.6 Å². The second-order valence-electron chi connectivity index (χ2n) is 7.28. The van der Waals surface area contributed by atoms with E-state index in [-0.39, 0.29) is 12.4 Å². The first kappa shape index (κ1) is 20.9. The van der Waals surface area contributed by atoms with Crippen molar-refractivity contribution in [1.29, 1.82) is 0 Å². The average molecular weight is 446 g/mol. The fourth-order valence-corrected chi connectivity index (χ4v) is 5.32. The molecule has 2 aromatic heterocycles. The minimum absolute atomic E-state index is 0.258. The van der Waals surface area contributed by atoms with Crippen molar-refractivity contribution in [2.24, 2.45) is 0 Å². The van der Waals surface area contributed by atoms with Crippen LogP contribution < -0.4 is 10.1 Å². The van der Waals surface area contributed by atoms with E-state index in [2.05, 4.69) is 5.32 Å². The Bertz CT molecular complexity index is 1080. The number of nitrogens with one attached hydrogen (secondary N) is 1. The highest BCUT2D eigenvalue weighted by molar-refractivity contribution is 7.19. The Kier molecular flexibility index (Phi) is 6.39. The van der Waals surface area contributed by atoms with E-state index in [1.165, 1.54) is 30.4 Å². The van der Waals surface area contributed by atoms with Crippen molar-refractivity contribution >= 4 is 44.9 Å². The molecule has 2 heterocycles. The number of carbonyl (C=O) groups is 1. The lowest BCUT2D eigenvalue weighted by Crippen LogP contribution is -2.09. The Morgan fingerprint density at radius 3 is 2.83 bits per heavy atom. The first-order valence-electron chi connectivity index (χ1n) is 10.0. The summed E-state index contributed by atoms with van der Waals surface area (Å²) >= 11 is 8.03. The summed E-state index contributed by atoms with van der Waals surface area (Å²) in [4.78, 5) is 23.5. The van der Waals surface area contributed by atoms with Crippen LogP contribution in [0, 0.1) is 0 Å². The molecular weight excluding hydrogens is 422 g/mol. The molecule has 0 atom stereocenters. The van der Waals surface area contributed by atoms with Crippen LogP contribution in [-0.2, 0) is 35.3 Å². The topological polar surface area (TPSA) is 73.3 Å². The van der Waals surface area contributed by atoms with E-state index in [1.54, 1.807) is 18.4 Å². The molecule has 0 aliphatic heterocycles. The third-order valence-corrected chi connectivity index (χ3v) is 6.80. The van der Waals surface area contributed by atoms with Crippen LogP contribution in [0.4, 0.5) is 5.82 Å². The lowest BCUT2D eigenvalue weighted by atomic mass is 9.97. The molecule has 0 spiro atoms. The molecule has 6 nitrogen and oxygen atoms in total. The summed E-state index contributed by atoms with van der Waals surface area (Å²) in [5, 5.41) is 5.19. The standard InChI is InChI=1S/C22H24ClN3O3S/c1-28-16-8-7-13(11-15(16)23)12-24-21-20-14-5-3-4-6-17(14)30-22(20)26-18(25-21)9-10-19(27)29-2/h7-8,11H,3-6,9-10,12H2,1-2H3,(H,24,25,26). The summed E-state index contributed by atoms with van der Waals surface area (Å²) in [6, 6.07) is 5.74. The summed E-state index contributed by atoms with van der Waals surface area (Å²) in [7, 11) is 3.00. The minimum Gasteiger partial charge on any atom is -0.495 e. The fraction of sp³-hybridized carbons (Fsp3) is 0.409. The van der Waals surface area contributed by atoms with Crippen LogP contribution in [0.15, 0.2) is 18.2 Å². The predicted molar refractivity (Wildman–Crippen MR) is 120 cm³/mol. The van der Waals surface area contributed by atoms with Gasteiger partial charge in [-0.3, -0.25) is 4.79 Å². The second kappa shape index (κ2) is 9.18. The predicted octanol–water partition coefficient (Wildman–Crippen LogP) is 4.95. The molecule has 0 fully saturated rings. The number of hydrogen-bond acceptors (Lipinski definition) is 7. The Balaban J connectivity index is 1.65. The Hall–Kier alpha value is -2.38. The van der Waals surface area contributed by atoms with Crippen LogP contribution in [0.1, 0.15) is 41.1 Å². The summed E-state index contributed by atoms with van der Waals surface area (Å²) in [6.07, 6.45) is 5.28. The van der Waals surface area contributed by atoms with Gasteiger partial charge in [-0.25, -0.2) is 9.97 Å². The first-order chi connectivity index (χ1) is 14.6. The Labute approximate surface area is 184 Å². The van der Waals surface area contributed by atoms with Crippen molar-refractivity contribution in [2.75, 3.05) is 19.5 Å². The maximum Gasteiger partial charge on any atom is 0.305 e. The molecule has 1 aliphatic rings. The molecule has 8 heteroatoms. The van der Waals surface area contributed by atoms with Crippen molar-refractivity contribution in [3.05, 3.63) is 45.1 Å².